The Morgan fingerprint density at radius 3 is 2.57 bits per heavy atom. The van der Waals surface area contributed by atoms with E-state index in [4.69, 9.17) is 20.9 Å². The van der Waals surface area contributed by atoms with Gasteiger partial charge in [-0.1, -0.05) is 28.9 Å². The van der Waals surface area contributed by atoms with Crippen LogP contribution in [0.5, 0.6) is 0 Å². The number of aryl methyl sites for hydroxylation is 1. The molecule has 0 unspecified atom stereocenters. The largest absolute Gasteiger partial charge is 0.454 e. The average Bonchev–Trinajstić information content (AvgIpc) is 3.21. The number of para-hydroxylation sites is 1. The second-order valence-electron chi connectivity index (χ2n) is 6.17. The van der Waals surface area contributed by atoms with Crippen molar-refractivity contribution in [1.82, 2.24) is 5.16 Å². The molecule has 28 heavy (non-hydrogen) atoms. The van der Waals surface area contributed by atoms with E-state index < -0.39 is 17.8 Å². The van der Waals surface area contributed by atoms with Gasteiger partial charge in [-0.15, -0.1) is 0 Å². The smallest absolute Gasteiger partial charge is 0.338 e. The van der Waals surface area contributed by atoms with Crippen molar-refractivity contribution in [3.05, 3.63) is 81.7 Å². The summed E-state index contributed by atoms with van der Waals surface area (Å²) in [5.74, 6) is -1.28. The maximum atomic E-state index is 12.8. The fourth-order valence-electron chi connectivity index (χ4n) is 2.92. The summed E-state index contributed by atoms with van der Waals surface area (Å²) in [5, 5.41) is 3.99. The van der Waals surface area contributed by atoms with Gasteiger partial charge in [0, 0.05) is 6.07 Å². The van der Waals surface area contributed by atoms with Crippen molar-refractivity contribution in [2.24, 2.45) is 0 Å². The molecule has 0 saturated carbocycles. The summed E-state index contributed by atoms with van der Waals surface area (Å²) >= 11 is 6.13. The molecule has 3 aromatic rings. The molecule has 0 aliphatic carbocycles. The van der Waals surface area contributed by atoms with Crippen molar-refractivity contribution >= 4 is 35.1 Å². The van der Waals surface area contributed by atoms with Gasteiger partial charge < -0.3 is 9.26 Å². The number of halogens is 1. The number of aromatic nitrogens is 1. The summed E-state index contributed by atoms with van der Waals surface area (Å²) in [4.78, 5) is 38.8. The minimum absolute atomic E-state index is 0.0879. The number of rotatable bonds is 4. The van der Waals surface area contributed by atoms with Gasteiger partial charge in [-0.25, -0.2) is 9.69 Å². The predicted octanol–water partition coefficient (Wildman–Crippen LogP) is 3.79. The fraction of sp³-hybridized carbons (Fsp3) is 0.100. The summed E-state index contributed by atoms with van der Waals surface area (Å²) in [6, 6.07) is 12.4. The first kappa shape index (κ1) is 17.9. The molecule has 1 aliphatic rings. The van der Waals surface area contributed by atoms with Crippen LogP contribution in [0.3, 0.4) is 0 Å². The third kappa shape index (κ3) is 3.05. The standard InChI is InChI=1S/C20H13ClN2O5/c1-11-8-13(28-22-11)10-27-20(26)12-6-7-14-15(9-12)19(25)23(18(14)24)17-5-3-2-4-16(17)21/h2-9H,10H2,1H3. The van der Waals surface area contributed by atoms with Crippen LogP contribution in [0.2, 0.25) is 5.02 Å². The first-order valence-electron chi connectivity index (χ1n) is 8.32. The van der Waals surface area contributed by atoms with E-state index >= 15 is 0 Å². The zero-order valence-corrected chi connectivity index (χ0v) is 15.4. The van der Waals surface area contributed by atoms with Gasteiger partial charge in [-0.2, -0.15) is 0 Å². The number of amides is 2. The summed E-state index contributed by atoms with van der Waals surface area (Å²) < 4.78 is 10.2. The molecule has 0 spiro atoms. The summed E-state index contributed by atoms with van der Waals surface area (Å²) in [7, 11) is 0. The van der Waals surface area contributed by atoms with Crippen LogP contribution in [-0.2, 0) is 11.3 Å². The highest BCUT2D eigenvalue weighted by atomic mass is 35.5. The Labute approximate surface area is 164 Å². The van der Waals surface area contributed by atoms with Gasteiger partial charge in [0.1, 0.15) is 0 Å². The maximum absolute atomic E-state index is 12.8. The maximum Gasteiger partial charge on any atom is 0.338 e. The molecule has 8 heteroatoms. The van der Waals surface area contributed by atoms with E-state index in [1.54, 1.807) is 37.3 Å². The van der Waals surface area contributed by atoms with E-state index in [2.05, 4.69) is 5.16 Å². The van der Waals surface area contributed by atoms with Gasteiger partial charge in [-0.05, 0) is 37.3 Å². The number of benzene rings is 2. The van der Waals surface area contributed by atoms with E-state index in [0.29, 0.717) is 17.1 Å². The SMILES string of the molecule is Cc1cc(COC(=O)c2ccc3c(c2)C(=O)N(c2ccccc2Cl)C3=O)on1. The summed E-state index contributed by atoms with van der Waals surface area (Å²) in [6.45, 7) is 1.66. The summed E-state index contributed by atoms with van der Waals surface area (Å²) in [5.41, 5.74) is 1.44. The van der Waals surface area contributed by atoms with Crippen LogP contribution < -0.4 is 4.90 Å². The number of fused-ring (bicyclic) bond motifs is 1. The molecule has 1 aromatic heterocycles. The Morgan fingerprint density at radius 1 is 1.11 bits per heavy atom. The van der Waals surface area contributed by atoms with Crippen molar-refractivity contribution in [3.63, 3.8) is 0 Å². The molecule has 4 rings (SSSR count). The highest BCUT2D eigenvalue weighted by Gasteiger charge is 2.38. The molecule has 1 aliphatic heterocycles. The molecule has 0 atom stereocenters. The first-order chi connectivity index (χ1) is 13.5. The molecule has 7 nitrogen and oxygen atoms in total. The molecule has 0 saturated heterocycles. The molecule has 2 amide bonds. The quantitative estimate of drug-likeness (QED) is 0.492. The molecule has 2 aromatic carbocycles. The molecule has 2 heterocycles. The van der Waals surface area contributed by atoms with Gasteiger partial charge in [0.05, 0.1) is 33.1 Å². The molecule has 0 bridgehead atoms. The lowest BCUT2D eigenvalue weighted by Crippen LogP contribution is -2.29. The van der Waals surface area contributed by atoms with Crippen molar-refractivity contribution in [3.8, 4) is 0 Å². The monoisotopic (exact) mass is 396 g/mol. The number of hydrogen-bond donors (Lipinski definition) is 0. The van der Waals surface area contributed by atoms with Gasteiger partial charge in [0.2, 0.25) is 0 Å². The van der Waals surface area contributed by atoms with Gasteiger partial charge in [-0.3, -0.25) is 9.59 Å². The lowest BCUT2D eigenvalue weighted by atomic mass is 10.1. The second-order valence-corrected chi connectivity index (χ2v) is 6.58. The van der Waals surface area contributed by atoms with E-state index in [1.807, 2.05) is 0 Å². The Kier molecular flexibility index (Phi) is 4.44. The van der Waals surface area contributed by atoms with Crippen molar-refractivity contribution in [2.75, 3.05) is 4.90 Å². The van der Waals surface area contributed by atoms with Crippen molar-refractivity contribution < 1.29 is 23.6 Å². The third-order valence-electron chi connectivity index (χ3n) is 4.24. The van der Waals surface area contributed by atoms with Crippen LogP contribution in [0.4, 0.5) is 5.69 Å². The Hall–Kier alpha value is -3.45. The van der Waals surface area contributed by atoms with Crippen molar-refractivity contribution in [1.29, 1.82) is 0 Å². The zero-order chi connectivity index (χ0) is 19.8. The number of hydrogen-bond acceptors (Lipinski definition) is 6. The predicted molar refractivity (Wildman–Crippen MR) is 99.4 cm³/mol. The number of esters is 1. The Balaban J connectivity index is 1.58. The normalized spacial score (nSPS) is 13.0. The third-order valence-corrected chi connectivity index (χ3v) is 4.56. The number of carbonyl (C=O) groups excluding carboxylic acids is 3. The van der Waals surface area contributed by atoms with Crippen LogP contribution in [0.15, 0.2) is 53.1 Å². The second kappa shape index (κ2) is 6.94. The summed E-state index contributed by atoms with van der Waals surface area (Å²) in [6.07, 6.45) is 0. The topological polar surface area (TPSA) is 89.7 Å². The van der Waals surface area contributed by atoms with E-state index in [-0.39, 0.29) is 28.3 Å². The lowest BCUT2D eigenvalue weighted by molar-refractivity contribution is 0.0437. The molecular weight excluding hydrogens is 384 g/mol. The van der Waals surface area contributed by atoms with Crippen LogP contribution >= 0.6 is 11.6 Å². The molecule has 0 radical (unpaired) electrons. The van der Waals surface area contributed by atoms with Crippen LogP contribution in [0.25, 0.3) is 0 Å². The van der Waals surface area contributed by atoms with Crippen molar-refractivity contribution in [2.45, 2.75) is 13.5 Å². The Bertz CT molecular complexity index is 1120. The van der Waals surface area contributed by atoms with Crippen LogP contribution in [0.1, 0.15) is 42.5 Å². The van der Waals surface area contributed by atoms with E-state index in [1.165, 1.54) is 18.2 Å². The zero-order valence-electron chi connectivity index (χ0n) is 14.6. The average molecular weight is 397 g/mol. The number of ether oxygens (including phenoxy) is 1. The number of anilines is 1. The highest BCUT2D eigenvalue weighted by molar-refractivity contribution is 6.39. The van der Waals surface area contributed by atoms with Crippen LogP contribution in [0, 0.1) is 6.92 Å². The molecule has 140 valence electrons. The van der Waals surface area contributed by atoms with Gasteiger partial charge in [0.25, 0.3) is 11.8 Å². The van der Waals surface area contributed by atoms with Crippen LogP contribution in [-0.4, -0.2) is 22.9 Å². The number of nitrogens with zero attached hydrogens (tertiary/aromatic N) is 2. The number of imide groups is 1. The van der Waals surface area contributed by atoms with E-state index in [0.717, 1.165) is 4.90 Å². The molecule has 0 fully saturated rings. The molecule has 0 N–H and O–H groups in total. The lowest BCUT2D eigenvalue weighted by Gasteiger charge is -2.15. The first-order valence-corrected chi connectivity index (χ1v) is 8.70. The Morgan fingerprint density at radius 2 is 1.86 bits per heavy atom. The fourth-order valence-corrected chi connectivity index (χ4v) is 3.14. The van der Waals surface area contributed by atoms with E-state index in [9.17, 15) is 14.4 Å². The number of carbonyl (C=O) groups is 3. The minimum atomic E-state index is -0.645. The minimum Gasteiger partial charge on any atom is -0.454 e. The molecular formula is C20H13ClN2O5. The van der Waals surface area contributed by atoms with Gasteiger partial charge >= 0.3 is 5.97 Å². The van der Waals surface area contributed by atoms with Gasteiger partial charge in [0.15, 0.2) is 12.4 Å². The highest BCUT2D eigenvalue weighted by Crippen LogP contribution is 2.33.